The van der Waals surface area contributed by atoms with Crippen molar-refractivity contribution >= 4 is 5.97 Å². The zero-order chi connectivity index (χ0) is 12.2. The minimum absolute atomic E-state index is 0. The SMILES string of the molecule is O.O.O=C([O-])[C@H](O)[C@H](O)[C@@H](O)[C@H](O)[C@@H](O)CO.[Na+]. The maximum absolute atomic E-state index is 10.1. The fraction of sp³-hybridized carbons (Fsp3) is 0.857. The van der Waals surface area contributed by atoms with Gasteiger partial charge in [-0.1, -0.05) is 0 Å². The fourth-order valence-electron chi connectivity index (χ4n) is 0.864. The second kappa shape index (κ2) is 12.2. The van der Waals surface area contributed by atoms with E-state index in [1.54, 1.807) is 0 Å². The van der Waals surface area contributed by atoms with E-state index in [9.17, 15) is 9.90 Å². The van der Waals surface area contributed by atoms with Crippen LogP contribution >= 0.6 is 0 Å². The first-order chi connectivity index (χ1) is 6.82. The third-order valence-corrected chi connectivity index (χ3v) is 1.85. The quantitative estimate of drug-likeness (QED) is 0.256. The minimum atomic E-state index is -2.40. The zero-order valence-corrected chi connectivity index (χ0v) is 11.6. The van der Waals surface area contributed by atoms with E-state index in [1.807, 2.05) is 0 Å². The third-order valence-electron chi connectivity index (χ3n) is 1.85. The number of aliphatic carboxylic acids is 1. The van der Waals surface area contributed by atoms with Gasteiger partial charge in [-0.25, -0.2) is 0 Å². The molecule has 0 bridgehead atoms. The maximum atomic E-state index is 10.1. The monoisotopic (exact) mass is 284 g/mol. The van der Waals surface area contributed by atoms with Crippen LogP contribution in [0.2, 0.25) is 0 Å². The standard InChI is InChI=1S/C7H14O8.Na.2H2O/c8-1-2(9)3(10)4(11)5(12)6(13)7(14)15;;;/h2-6,8-13H,1H2,(H,14,15);;2*1H2/q;+1;;/p-1/t2-,3+,4-,5+,6+;;;/m0.../s1. The molecule has 10 N–H and O–H groups in total. The van der Waals surface area contributed by atoms with Crippen LogP contribution in [0.3, 0.4) is 0 Å². The number of aliphatic hydroxyl groups excluding tert-OH is 6. The van der Waals surface area contributed by atoms with Crippen molar-refractivity contribution in [2.24, 2.45) is 0 Å². The molecule has 0 saturated carbocycles. The second-order valence-electron chi connectivity index (χ2n) is 2.99. The Kier molecular flexibility index (Phi) is 18.1. The third kappa shape index (κ3) is 7.56. The van der Waals surface area contributed by atoms with E-state index in [0.29, 0.717) is 0 Å². The molecule has 18 heavy (non-hydrogen) atoms. The summed E-state index contributed by atoms with van der Waals surface area (Å²) in [5, 5.41) is 63.2. The molecular weight excluding hydrogens is 267 g/mol. The molecule has 0 heterocycles. The molecule has 11 heteroatoms. The van der Waals surface area contributed by atoms with Gasteiger partial charge in [0.2, 0.25) is 0 Å². The minimum Gasteiger partial charge on any atom is -0.547 e. The molecule has 5 atom stereocenters. The number of aliphatic hydroxyl groups is 6. The van der Waals surface area contributed by atoms with E-state index in [1.165, 1.54) is 0 Å². The summed E-state index contributed by atoms with van der Waals surface area (Å²) in [6, 6.07) is 0. The van der Waals surface area contributed by atoms with Crippen LogP contribution in [0.25, 0.3) is 0 Å². The fourth-order valence-corrected chi connectivity index (χ4v) is 0.864. The van der Waals surface area contributed by atoms with Crippen LogP contribution in [0, 0.1) is 0 Å². The summed E-state index contributed by atoms with van der Waals surface area (Å²) in [6.45, 7) is -0.896. The van der Waals surface area contributed by atoms with Crippen molar-refractivity contribution in [2.45, 2.75) is 30.5 Å². The van der Waals surface area contributed by atoms with Crippen molar-refractivity contribution in [1.82, 2.24) is 0 Å². The predicted octanol–water partition coefficient (Wildman–Crippen LogP) is -10.1. The molecule has 0 aromatic rings. The topological polar surface area (TPSA) is 225 Å². The predicted molar refractivity (Wildman–Crippen MR) is 49.4 cm³/mol. The first-order valence-corrected chi connectivity index (χ1v) is 4.05. The van der Waals surface area contributed by atoms with E-state index in [4.69, 9.17) is 30.6 Å². The molecule has 0 aromatic heterocycles. The normalized spacial score (nSPS) is 17.9. The van der Waals surface area contributed by atoms with Gasteiger partial charge in [-0.3, -0.25) is 0 Å². The smallest absolute Gasteiger partial charge is 0.547 e. The Morgan fingerprint density at radius 3 is 1.61 bits per heavy atom. The van der Waals surface area contributed by atoms with Gasteiger partial charge in [-0.2, -0.15) is 0 Å². The molecule has 0 aliphatic heterocycles. The Morgan fingerprint density at radius 2 is 1.33 bits per heavy atom. The molecule has 0 fully saturated rings. The summed E-state index contributed by atoms with van der Waals surface area (Å²) in [7, 11) is 0. The Labute approximate surface area is 124 Å². The van der Waals surface area contributed by atoms with E-state index in [0.717, 1.165) is 0 Å². The number of carboxylic acid groups (broad SMARTS) is 1. The number of rotatable bonds is 6. The van der Waals surface area contributed by atoms with E-state index < -0.39 is 43.1 Å². The molecule has 0 rings (SSSR count). The van der Waals surface area contributed by atoms with Crippen LogP contribution in [0.15, 0.2) is 0 Å². The molecule has 0 unspecified atom stereocenters. The van der Waals surface area contributed by atoms with Crippen LogP contribution in [0.4, 0.5) is 0 Å². The number of hydrogen-bond donors (Lipinski definition) is 6. The summed E-state index contributed by atoms with van der Waals surface area (Å²) in [5.74, 6) is -2.03. The molecule has 0 aliphatic rings. The average Bonchev–Trinajstić information content (AvgIpc) is 2.23. The van der Waals surface area contributed by atoms with Gasteiger partial charge >= 0.3 is 29.6 Å². The van der Waals surface area contributed by atoms with Crippen molar-refractivity contribution < 1.29 is 81.0 Å². The molecule has 106 valence electrons. The second-order valence-corrected chi connectivity index (χ2v) is 2.99. The first-order valence-electron chi connectivity index (χ1n) is 4.05. The van der Waals surface area contributed by atoms with Crippen molar-refractivity contribution in [1.29, 1.82) is 0 Å². The van der Waals surface area contributed by atoms with Crippen LogP contribution in [0.5, 0.6) is 0 Å². The largest absolute Gasteiger partial charge is 1.00 e. The molecule has 0 aromatic carbocycles. The van der Waals surface area contributed by atoms with Crippen molar-refractivity contribution in [3.05, 3.63) is 0 Å². The van der Waals surface area contributed by atoms with Crippen LogP contribution < -0.4 is 34.7 Å². The van der Waals surface area contributed by atoms with E-state index in [-0.39, 0.29) is 40.5 Å². The van der Waals surface area contributed by atoms with Gasteiger partial charge in [0.15, 0.2) is 0 Å². The summed E-state index contributed by atoms with van der Waals surface area (Å²) in [5.41, 5.74) is 0. The molecular formula is C7H17NaO10. The molecule has 10 nitrogen and oxygen atoms in total. The van der Waals surface area contributed by atoms with Gasteiger partial charge in [0, 0.05) is 0 Å². The summed E-state index contributed by atoms with van der Waals surface area (Å²) < 4.78 is 0. The Morgan fingerprint density at radius 1 is 0.944 bits per heavy atom. The van der Waals surface area contributed by atoms with Gasteiger partial charge in [0.1, 0.15) is 30.5 Å². The van der Waals surface area contributed by atoms with Crippen LogP contribution in [-0.4, -0.2) is 84.7 Å². The Bertz CT molecular complexity index is 214. The van der Waals surface area contributed by atoms with E-state index in [2.05, 4.69) is 0 Å². The summed E-state index contributed by atoms with van der Waals surface area (Å²) in [6.07, 6.45) is -10.5. The molecule has 0 amide bonds. The summed E-state index contributed by atoms with van der Waals surface area (Å²) in [4.78, 5) is 10.1. The van der Waals surface area contributed by atoms with E-state index >= 15 is 0 Å². The van der Waals surface area contributed by atoms with Crippen molar-refractivity contribution in [3.8, 4) is 0 Å². The van der Waals surface area contributed by atoms with Crippen molar-refractivity contribution in [2.75, 3.05) is 6.61 Å². The maximum Gasteiger partial charge on any atom is 1.00 e. The van der Waals surface area contributed by atoms with Crippen molar-refractivity contribution in [3.63, 3.8) is 0 Å². The van der Waals surface area contributed by atoms with Gasteiger partial charge in [-0.05, 0) is 0 Å². The molecule has 0 aliphatic carbocycles. The summed E-state index contributed by atoms with van der Waals surface area (Å²) >= 11 is 0. The molecule has 0 saturated heterocycles. The van der Waals surface area contributed by atoms with Gasteiger partial charge in [-0.15, -0.1) is 0 Å². The molecule has 0 radical (unpaired) electrons. The van der Waals surface area contributed by atoms with Gasteiger partial charge < -0.3 is 51.5 Å². The number of carbonyl (C=O) groups excluding carboxylic acids is 1. The zero-order valence-electron chi connectivity index (χ0n) is 9.59. The van der Waals surface area contributed by atoms with Gasteiger partial charge in [0.05, 0.1) is 12.6 Å². The Hall–Kier alpha value is 0.150. The molecule has 0 spiro atoms. The first kappa shape index (κ1) is 26.7. The number of hydrogen-bond acceptors (Lipinski definition) is 8. The van der Waals surface area contributed by atoms with Gasteiger partial charge in [0.25, 0.3) is 0 Å². The average molecular weight is 284 g/mol. The Balaban J connectivity index is -0.000000327. The van der Waals surface area contributed by atoms with Crippen LogP contribution in [0.1, 0.15) is 0 Å². The number of carboxylic acids is 1. The van der Waals surface area contributed by atoms with Crippen LogP contribution in [-0.2, 0) is 4.79 Å². The number of carbonyl (C=O) groups is 1.